The lowest BCUT2D eigenvalue weighted by atomic mass is 10.1. The number of nitrogens with zero attached hydrogens (tertiary/aromatic N) is 8. The molecule has 0 atom stereocenters. The summed E-state index contributed by atoms with van der Waals surface area (Å²) in [5.74, 6) is 1.23. The van der Waals surface area contributed by atoms with Crippen LogP contribution in [0.3, 0.4) is 0 Å². The minimum Gasteiger partial charge on any atom is -0.461 e. The molecular formula is C24H25N9O3. The van der Waals surface area contributed by atoms with E-state index in [1.54, 1.807) is 48.9 Å². The van der Waals surface area contributed by atoms with Gasteiger partial charge in [-0.1, -0.05) is 12.1 Å². The van der Waals surface area contributed by atoms with E-state index in [0.717, 1.165) is 30.6 Å². The summed E-state index contributed by atoms with van der Waals surface area (Å²) in [7, 11) is 0. The van der Waals surface area contributed by atoms with E-state index in [4.69, 9.17) is 10.2 Å². The quantitative estimate of drug-likeness (QED) is 0.362. The maximum absolute atomic E-state index is 12.8. The van der Waals surface area contributed by atoms with E-state index in [-0.39, 0.29) is 18.5 Å². The van der Waals surface area contributed by atoms with E-state index in [0.29, 0.717) is 48.1 Å². The number of carbonyl (C=O) groups excluding carboxylic acids is 1. The van der Waals surface area contributed by atoms with Crippen molar-refractivity contribution in [3.8, 4) is 11.6 Å². The first-order chi connectivity index (χ1) is 17.6. The van der Waals surface area contributed by atoms with Crippen LogP contribution in [0.25, 0.3) is 28.3 Å². The predicted molar refractivity (Wildman–Crippen MR) is 131 cm³/mol. The van der Waals surface area contributed by atoms with Crippen LogP contribution >= 0.6 is 0 Å². The molecule has 0 radical (unpaired) electrons. The second-order valence-electron chi connectivity index (χ2n) is 8.71. The van der Waals surface area contributed by atoms with Gasteiger partial charge in [-0.25, -0.2) is 9.67 Å². The number of hydrogen-bond donors (Lipinski definition) is 2. The van der Waals surface area contributed by atoms with Gasteiger partial charge in [-0.2, -0.15) is 14.6 Å². The van der Waals surface area contributed by atoms with Crippen LogP contribution in [-0.4, -0.2) is 82.9 Å². The number of furan rings is 1. The number of fused-ring (bicyclic) bond motifs is 3. The van der Waals surface area contributed by atoms with Crippen LogP contribution < -0.4 is 5.73 Å². The molecule has 12 nitrogen and oxygen atoms in total. The number of hydrogen-bond acceptors (Lipinski definition) is 9. The number of rotatable bonds is 6. The molecule has 5 aromatic rings. The molecule has 1 aliphatic heterocycles. The number of piperazine rings is 1. The molecule has 1 saturated heterocycles. The molecule has 0 unspecified atom stereocenters. The van der Waals surface area contributed by atoms with Gasteiger partial charge in [0.1, 0.15) is 0 Å². The fourth-order valence-electron chi connectivity index (χ4n) is 4.48. The highest BCUT2D eigenvalue weighted by Crippen LogP contribution is 2.23. The lowest BCUT2D eigenvalue weighted by Gasteiger charge is -2.34. The first-order valence-electron chi connectivity index (χ1n) is 11.7. The van der Waals surface area contributed by atoms with E-state index in [1.165, 1.54) is 4.52 Å². The Morgan fingerprint density at radius 1 is 1.03 bits per heavy atom. The van der Waals surface area contributed by atoms with E-state index in [9.17, 15) is 9.90 Å². The lowest BCUT2D eigenvalue weighted by Crippen LogP contribution is -2.49. The van der Waals surface area contributed by atoms with Crippen molar-refractivity contribution in [3.05, 3.63) is 60.0 Å². The Hall–Kier alpha value is -4.29. The van der Waals surface area contributed by atoms with Gasteiger partial charge in [-0.15, -0.1) is 5.10 Å². The zero-order chi connectivity index (χ0) is 24.6. The second-order valence-corrected chi connectivity index (χ2v) is 8.71. The largest absolute Gasteiger partial charge is 0.461 e. The van der Waals surface area contributed by atoms with Crippen molar-refractivity contribution >= 4 is 28.5 Å². The Balaban J connectivity index is 1.12. The van der Waals surface area contributed by atoms with Gasteiger partial charge in [-0.05, 0) is 29.8 Å². The summed E-state index contributed by atoms with van der Waals surface area (Å²) >= 11 is 0. The first-order valence-corrected chi connectivity index (χ1v) is 11.7. The van der Waals surface area contributed by atoms with Crippen LogP contribution in [0.4, 0.5) is 5.95 Å². The molecule has 12 heteroatoms. The Labute approximate surface area is 205 Å². The van der Waals surface area contributed by atoms with Gasteiger partial charge in [0.05, 0.1) is 31.0 Å². The Bertz CT molecular complexity index is 1510. The van der Waals surface area contributed by atoms with E-state index >= 15 is 0 Å². The number of amides is 1. The zero-order valence-corrected chi connectivity index (χ0v) is 19.5. The van der Waals surface area contributed by atoms with Gasteiger partial charge in [0.25, 0.3) is 5.91 Å². The van der Waals surface area contributed by atoms with Crippen LogP contribution in [0.1, 0.15) is 15.9 Å². The molecule has 1 fully saturated rings. The SMILES string of the molecule is Nc1nc2c(cnn2CCN2CCN(C(=O)c3ccc(CO)cc3)CC2)c2nc(-c3ccco3)nn12. The molecule has 4 aromatic heterocycles. The summed E-state index contributed by atoms with van der Waals surface area (Å²) in [6.07, 6.45) is 3.30. The van der Waals surface area contributed by atoms with Crippen LogP contribution in [0, 0.1) is 0 Å². The van der Waals surface area contributed by atoms with Crippen LogP contribution in [0.15, 0.2) is 53.3 Å². The summed E-state index contributed by atoms with van der Waals surface area (Å²) in [5, 5.41) is 18.9. The third kappa shape index (κ3) is 3.95. The average molecular weight is 488 g/mol. The van der Waals surface area contributed by atoms with Crippen molar-refractivity contribution in [1.82, 2.24) is 39.2 Å². The monoisotopic (exact) mass is 487 g/mol. The Morgan fingerprint density at radius 3 is 2.56 bits per heavy atom. The molecule has 184 valence electrons. The van der Waals surface area contributed by atoms with Crippen molar-refractivity contribution in [3.63, 3.8) is 0 Å². The molecule has 5 heterocycles. The molecule has 6 rings (SSSR count). The van der Waals surface area contributed by atoms with Crippen molar-refractivity contribution in [2.45, 2.75) is 13.2 Å². The molecule has 1 aromatic carbocycles. The summed E-state index contributed by atoms with van der Waals surface area (Å²) in [4.78, 5) is 26.1. The molecule has 36 heavy (non-hydrogen) atoms. The number of aliphatic hydroxyl groups is 1. The van der Waals surface area contributed by atoms with E-state index < -0.39 is 0 Å². The van der Waals surface area contributed by atoms with Crippen LogP contribution in [0.5, 0.6) is 0 Å². The van der Waals surface area contributed by atoms with Gasteiger partial charge in [0.2, 0.25) is 11.8 Å². The van der Waals surface area contributed by atoms with Gasteiger partial charge in [0, 0.05) is 38.3 Å². The Kier molecular flexibility index (Phi) is 5.58. The Morgan fingerprint density at radius 2 is 1.83 bits per heavy atom. The van der Waals surface area contributed by atoms with Crippen LogP contribution in [0.2, 0.25) is 0 Å². The normalized spacial score (nSPS) is 14.8. The first kappa shape index (κ1) is 22.2. The minimum atomic E-state index is -0.0311. The molecule has 0 spiro atoms. The van der Waals surface area contributed by atoms with Crippen LogP contribution in [-0.2, 0) is 13.2 Å². The molecule has 0 bridgehead atoms. The van der Waals surface area contributed by atoms with E-state index in [1.807, 2.05) is 9.58 Å². The zero-order valence-electron chi connectivity index (χ0n) is 19.5. The number of benzene rings is 1. The second kappa shape index (κ2) is 9.06. The maximum Gasteiger partial charge on any atom is 0.253 e. The smallest absolute Gasteiger partial charge is 0.253 e. The number of nitrogens with two attached hydrogens (primary N) is 1. The molecule has 0 aliphatic carbocycles. The van der Waals surface area contributed by atoms with Crippen molar-refractivity contribution in [1.29, 1.82) is 0 Å². The molecule has 3 N–H and O–H groups in total. The number of aromatic nitrogens is 6. The van der Waals surface area contributed by atoms with E-state index in [2.05, 4.69) is 25.1 Å². The number of nitrogen functional groups attached to an aromatic ring is 1. The topological polar surface area (TPSA) is 144 Å². The third-order valence-electron chi connectivity index (χ3n) is 6.51. The van der Waals surface area contributed by atoms with Gasteiger partial charge in [0.15, 0.2) is 17.1 Å². The summed E-state index contributed by atoms with van der Waals surface area (Å²) in [6.45, 7) is 4.22. The van der Waals surface area contributed by atoms with Gasteiger partial charge < -0.3 is 20.2 Å². The van der Waals surface area contributed by atoms with Gasteiger partial charge >= 0.3 is 0 Å². The van der Waals surface area contributed by atoms with Gasteiger partial charge in [-0.3, -0.25) is 9.69 Å². The fourth-order valence-corrected chi connectivity index (χ4v) is 4.48. The summed E-state index contributed by atoms with van der Waals surface area (Å²) in [6, 6.07) is 10.7. The highest BCUT2D eigenvalue weighted by Gasteiger charge is 2.23. The molecule has 1 amide bonds. The average Bonchev–Trinajstić information content (AvgIpc) is 3.67. The third-order valence-corrected chi connectivity index (χ3v) is 6.51. The summed E-state index contributed by atoms with van der Waals surface area (Å²) in [5.41, 5.74) is 8.84. The van der Waals surface area contributed by atoms with Crippen molar-refractivity contribution in [2.75, 3.05) is 38.5 Å². The highest BCUT2D eigenvalue weighted by atomic mass is 16.3. The fraction of sp³-hybridized carbons (Fsp3) is 0.292. The summed E-state index contributed by atoms with van der Waals surface area (Å²) < 4.78 is 8.74. The number of carbonyl (C=O) groups is 1. The minimum absolute atomic E-state index is 0.0168. The molecule has 0 saturated carbocycles. The predicted octanol–water partition coefficient (Wildman–Crippen LogP) is 1.27. The standard InChI is InChI=1S/C24H25N9O3/c25-24-28-21-18(22-27-20(29-33(22)24)19-2-1-13-36-19)14-26-32(21)12-9-30-7-10-31(11-8-30)23(35)17-5-3-16(15-34)4-6-17/h1-6,13-14,34H,7-12,15H2,(H2,25,28). The number of aliphatic hydroxyl groups excluding tert-OH is 1. The maximum atomic E-state index is 12.8. The van der Waals surface area contributed by atoms with Crippen molar-refractivity contribution < 1.29 is 14.3 Å². The molecule has 1 aliphatic rings. The molecular weight excluding hydrogens is 462 g/mol. The lowest BCUT2D eigenvalue weighted by molar-refractivity contribution is 0.0632. The highest BCUT2D eigenvalue weighted by molar-refractivity contribution is 5.94. The van der Waals surface area contributed by atoms with Crippen molar-refractivity contribution in [2.24, 2.45) is 0 Å². The number of anilines is 1.